The summed E-state index contributed by atoms with van der Waals surface area (Å²) in [6.07, 6.45) is 3.67. The Labute approximate surface area is 89.4 Å². The van der Waals surface area contributed by atoms with Crippen molar-refractivity contribution in [3.63, 3.8) is 0 Å². The Bertz CT molecular complexity index is 132. The second-order valence-electron chi connectivity index (χ2n) is 5.12. The van der Waals surface area contributed by atoms with Crippen LogP contribution < -0.4 is 5.32 Å². The molecular weight excluding hydrogens is 174 g/mol. The minimum atomic E-state index is 0.445. The van der Waals surface area contributed by atoms with Crippen molar-refractivity contribution in [3.8, 4) is 0 Å². The van der Waals surface area contributed by atoms with Crippen LogP contribution >= 0.6 is 0 Å². The van der Waals surface area contributed by atoms with Gasteiger partial charge in [0.05, 0.1) is 0 Å². The fraction of sp³-hybridized carbons (Fsp3) is 1.00. The van der Waals surface area contributed by atoms with E-state index in [9.17, 15) is 0 Å². The summed E-state index contributed by atoms with van der Waals surface area (Å²) in [4.78, 5) is 0. The third-order valence-electron chi connectivity index (χ3n) is 2.56. The predicted molar refractivity (Wildman–Crippen MR) is 62.6 cm³/mol. The van der Waals surface area contributed by atoms with Gasteiger partial charge in [-0.2, -0.15) is 0 Å². The molecule has 0 saturated heterocycles. The lowest BCUT2D eigenvalue weighted by Crippen LogP contribution is -2.27. The molecule has 0 aromatic rings. The molecule has 0 atom stereocenters. The van der Waals surface area contributed by atoms with E-state index in [0.29, 0.717) is 11.5 Å². The lowest BCUT2D eigenvalue weighted by Gasteiger charge is -2.25. The number of rotatable bonds is 8. The molecular formula is C12H27NO. The van der Waals surface area contributed by atoms with Crippen LogP contribution in [0.5, 0.6) is 0 Å². The Morgan fingerprint density at radius 3 is 2.36 bits per heavy atom. The van der Waals surface area contributed by atoms with Gasteiger partial charge >= 0.3 is 0 Å². The van der Waals surface area contributed by atoms with E-state index >= 15 is 0 Å². The van der Waals surface area contributed by atoms with Gasteiger partial charge in [0.15, 0.2) is 0 Å². The van der Waals surface area contributed by atoms with Crippen molar-refractivity contribution >= 4 is 0 Å². The molecule has 0 saturated carbocycles. The molecule has 1 N–H and O–H groups in total. The van der Waals surface area contributed by atoms with E-state index in [1.165, 1.54) is 19.3 Å². The van der Waals surface area contributed by atoms with E-state index < -0.39 is 0 Å². The van der Waals surface area contributed by atoms with Crippen molar-refractivity contribution in [3.05, 3.63) is 0 Å². The summed E-state index contributed by atoms with van der Waals surface area (Å²) in [5.74, 6) is 0. The van der Waals surface area contributed by atoms with Crippen LogP contribution in [0.3, 0.4) is 0 Å². The van der Waals surface area contributed by atoms with Crippen LogP contribution in [0, 0.1) is 5.41 Å². The van der Waals surface area contributed by atoms with Gasteiger partial charge in [0.2, 0.25) is 0 Å². The highest BCUT2D eigenvalue weighted by molar-refractivity contribution is 4.70. The smallest absolute Gasteiger partial charge is 0.0462 e. The van der Waals surface area contributed by atoms with E-state index in [1.54, 1.807) is 7.11 Å². The second-order valence-corrected chi connectivity index (χ2v) is 5.12. The lowest BCUT2D eigenvalue weighted by molar-refractivity contribution is 0.172. The van der Waals surface area contributed by atoms with Crippen LogP contribution in [0.1, 0.15) is 47.0 Å². The third-order valence-corrected chi connectivity index (χ3v) is 2.56. The summed E-state index contributed by atoms with van der Waals surface area (Å²) in [5, 5.41) is 3.46. The molecule has 0 fully saturated rings. The van der Waals surface area contributed by atoms with Gasteiger partial charge in [-0.3, -0.25) is 0 Å². The minimum Gasteiger partial charge on any atom is -0.385 e. The van der Waals surface area contributed by atoms with E-state index in [-0.39, 0.29) is 0 Å². The molecule has 0 aliphatic rings. The van der Waals surface area contributed by atoms with Crippen molar-refractivity contribution < 1.29 is 4.74 Å². The Morgan fingerprint density at radius 1 is 1.21 bits per heavy atom. The van der Waals surface area contributed by atoms with Crippen LogP contribution in [0.2, 0.25) is 0 Å². The zero-order chi connectivity index (χ0) is 11.0. The van der Waals surface area contributed by atoms with Crippen molar-refractivity contribution in [2.75, 3.05) is 20.3 Å². The zero-order valence-corrected chi connectivity index (χ0v) is 10.5. The average Bonchev–Trinajstić information content (AvgIpc) is 2.03. The molecule has 0 heterocycles. The molecule has 14 heavy (non-hydrogen) atoms. The van der Waals surface area contributed by atoms with E-state index in [4.69, 9.17) is 4.74 Å². The normalized spacial score (nSPS) is 12.4. The molecule has 0 amide bonds. The van der Waals surface area contributed by atoms with Crippen molar-refractivity contribution in [1.82, 2.24) is 5.32 Å². The summed E-state index contributed by atoms with van der Waals surface area (Å²) < 4.78 is 5.06. The lowest BCUT2D eigenvalue weighted by atomic mass is 9.84. The first kappa shape index (κ1) is 13.9. The quantitative estimate of drug-likeness (QED) is 0.610. The Hall–Kier alpha value is -0.0800. The minimum absolute atomic E-state index is 0.445. The molecule has 0 aliphatic heterocycles. The van der Waals surface area contributed by atoms with Crippen LogP contribution in [0.15, 0.2) is 0 Å². The maximum Gasteiger partial charge on any atom is 0.0462 e. The van der Waals surface area contributed by atoms with Crippen molar-refractivity contribution in [2.45, 2.75) is 53.0 Å². The average molecular weight is 201 g/mol. The van der Waals surface area contributed by atoms with Gasteiger partial charge in [0.1, 0.15) is 0 Å². The third kappa shape index (κ3) is 8.52. The predicted octanol–water partition coefficient (Wildman–Crippen LogP) is 2.83. The molecule has 0 aromatic heterocycles. The molecule has 0 aromatic carbocycles. The number of ether oxygens (including phenoxy) is 1. The fourth-order valence-corrected chi connectivity index (χ4v) is 1.52. The van der Waals surface area contributed by atoms with Crippen molar-refractivity contribution in [1.29, 1.82) is 0 Å². The summed E-state index contributed by atoms with van der Waals surface area (Å²) in [6.45, 7) is 11.1. The number of nitrogens with one attached hydrogen (secondary N) is 1. The number of methoxy groups -OCH3 is 1. The van der Waals surface area contributed by atoms with Gasteiger partial charge in [0.25, 0.3) is 0 Å². The molecule has 86 valence electrons. The van der Waals surface area contributed by atoms with Gasteiger partial charge in [-0.25, -0.2) is 0 Å². The van der Waals surface area contributed by atoms with Crippen molar-refractivity contribution in [2.24, 2.45) is 5.41 Å². The highest BCUT2D eigenvalue weighted by atomic mass is 16.5. The van der Waals surface area contributed by atoms with E-state index in [2.05, 4.69) is 33.0 Å². The Morgan fingerprint density at radius 2 is 1.86 bits per heavy atom. The van der Waals surface area contributed by atoms with Crippen LogP contribution in [0.4, 0.5) is 0 Å². The highest BCUT2D eigenvalue weighted by Crippen LogP contribution is 2.25. The van der Waals surface area contributed by atoms with Gasteiger partial charge < -0.3 is 10.1 Å². The molecule has 0 rings (SSSR count). The first-order valence-corrected chi connectivity index (χ1v) is 5.70. The zero-order valence-electron chi connectivity index (χ0n) is 10.5. The van der Waals surface area contributed by atoms with Crippen LogP contribution in [-0.4, -0.2) is 26.3 Å². The maximum absolute atomic E-state index is 5.06. The molecule has 0 bridgehead atoms. The molecule has 0 spiro atoms. The first-order chi connectivity index (χ1) is 6.48. The SMILES string of the molecule is COCCCC(C)(C)CCNC(C)C. The standard InChI is InChI=1S/C12H27NO/c1-11(2)13-9-8-12(3,4)7-6-10-14-5/h11,13H,6-10H2,1-5H3. The fourth-order valence-electron chi connectivity index (χ4n) is 1.52. The molecule has 2 nitrogen and oxygen atoms in total. The largest absolute Gasteiger partial charge is 0.385 e. The summed E-state index contributed by atoms with van der Waals surface area (Å²) in [6, 6.07) is 0.602. The van der Waals surface area contributed by atoms with Crippen LogP contribution in [-0.2, 0) is 4.74 Å². The van der Waals surface area contributed by atoms with Gasteiger partial charge in [-0.15, -0.1) is 0 Å². The van der Waals surface area contributed by atoms with E-state index in [1.807, 2.05) is 0 Å². The Balaban J connectivity index is 3.50. The summed E-state index contributed by atoms with van der Waals surface area (Å²) in [7, 11) is 1.77. The van der Waals surface area contributed by atoms with Gasteiger partial charge in [-0.05, 0) is 31.2 Å². The summed E-state index contributed by atoms with van der Waals surface area (Å²) in [5.41, 5.74) is 0.445. The number of hydrogen-bond donors (Lipinski definition) is 1. The van der Waals surface area contributed by atoms with Gasteiger partial charge in [-0.1, -0.05) is 27.7 Å². The van der Waals surface area contributed by atoms with Gasteiger partial charge in [0, 0.05) is 19.8 Å². The summed E-state index contributed by atoms with van der Waals surface area (Å²) >= 11 is 0. The first-order valence-electron chi connectivity index (χ1n) is 5.70. The number of hydrogen-bond acceptors (Lipinski definition) is 2. The molecule has 0 unspecified atom stereocenters. The van der Waals surface area contributed by atoms with E-state index in [0.717, 1.165) is 13.2 Å². The molecule has 2 heteroatoms. The Kier molecular flexibility index (Phi) is 7.20. The topological polar surface area (TPSA) is 21.3 Å². The second kappa shape index (κ2) is 7.24. The highest BCUT2D eigenvalue weighted by Gasteiger charge is 2.16. The van der Waals surface area contributed by atoms with Crippen LogP contribution in [0.25, 0.3) is 0 Å². The maximum atomic E-state index is 5.06. The molecule has 0 radical (unpaired) electrons. The molecule has 0 aliphatic carbocycles. The monoisotopic (exact) mass is 201 g/mol.